The first kappa shape index (κ1) is 29.8. The summed E-state index contributed by atoms with van der Waals surface area (Å²) < 4.78 is 0.828. The van der Waals surface area contributed by atoms with Gasteiger partial charge >= 0.3 is 0 Å². The lowest BCUT2D eigenvalue weighted by atomic mass is 9.49. The molecule has 7 nitrogen and oxygen atoms in total. The van der Waals surface area contributed by atoms with Crippen LogP contribution in [0.5, 0.6) is 5.75 Å². The van der Waals surface area contributed by atoms with E-state index in [0.29, 0.717) is 33.9 Å². The van der Waals surface area contributed by atoms with E-state index in [1.165, 1.54) is 9.80 Å². The molecule has 4 aromatic carbocycles. The molecule has 2 aliphatic heterocycles. The van der Waals surface area contributed by atoms with Gasteiger partial charge in [0.1, 0.15) is 5.75 Å². The van der Waals surface area contributed by atoms with Crippen LogP contribution in [0.1, 0.15) is 29.9 Å². The van der Waals surface area contributed by atoms with E-state index in [1.54, 1.807) is 66.7 Å². The smallest absolute Gasteiger partial charge is 0.246 e. The van der Waals surface area contributed by atoms with Gasteiger partial charge in [0.2, 0.25) is 23.6 Å². The Labute approximate surface area is 284 Å². The van der Waals surface area contributed by atoms with Crippen molar-refractivity contribution in [3.8, 4) is 5.75 Å². The first-order valence-electron chi connectivity index (χ1n) is 15.5. The van der Waals surface area contributed by atoms with Crippen LogP contribution in [0, 0.1) is 23.7 Å². The molecule has 6 unspecified atom stereocenters. The summed E-state index contributed by atoms with van der Waals surface area (Å²) in [7, 11) is 0. The second-order valence-electron chi connectivity index (χ2n) is 12.7. The third-order valence-corrected chi connectivity index (χ3v) is 11.2. The monoisotopic (exact) mass is 706 g/mol. The zero-order chi connectivity index (χ0) is 32.6. The molecule has 2 aliphatic carbocycles. The quantitative estimate of drug-likeness (QED) is 0.179. The van der Waals surface area contributed by atoms with Gasteiger partial charge in [-0.25, -0.2) is 4.90 Å². The highest BCUT2D eigenvalue weighted by Crippen LogP contribution is 2.64. The normalized spacial score (nSPS) is 28.2. The fraction of sp³-hybridized carbons (Fsp3) is 0.211. The second-order valence-corrected chi connectivity index (χ2v) is 14.0. The van der Waals surface area contributed by atoms with Crippen molar-refractivity contribution in [3.63, 3.8) is 0 Å². The molecule has 0 aromatic heterocycles. The van der Waals surface area contributed by atoms with Crippen LogP contribution in [0.4, 0.5) is 11.4 Å². The summed E-state index contributed by atoms with van der Waals surface area (Å²) in [6.07, 6.45) is 2.53. The third-order valence-electron chi connectivity index (χ3n) is 10.5. The summed E-state index contributed by atoms with van der Waals surface area (Å²) in [6, 6.07) is 29.9. The second kappa shape index (κ2) is 11.0. The number of carbonyl (C=O) groups is 4. The Morgan fingerprint density at radius 1 is 0.745 bits per heavy atom. The van der Waals surface area contributed by atoms with E-state index in [2.05, 4.69) is 15.9 Å². The van der Waals surface area contributed by atoms with Gasteiger partial charge in [-0.05, 0) is 84.5 Å². The fourth-order valence-electron chi connectivity index (χ4n) is 8.67. The number of amides is 4. The maximum absolute atomic E-state index is 15.2. The average Bonchev–Trinajstić information content (AvgIpc) is 3.46. The molecule has 9 heteroatoms. The summed E-state index contributed by atoms with van der Waals surface area (Å²) in [5.41, 5.74) is 1.65. The Kier molecular flexibility index (Phi) is 7.00. The SMILES string of the molecule is O=C1C2CC=C3C(CC4C(=O)N(c5cccc(Cl)c5)C(=O)C4(c4ccccc4)C3c3cccc(O)c3)C2C(=O)N1c1ccc(Br)cc1. The topological polar surface area (TPSA) is 95.0 Å². The van der Waals surface area contributed by atoms with Gasteiger partial charge in [-0.3, -0.25) is 24.1 Å². The molecule has 0 spiro atoms. The van der Waals surface area contributed by atoms with Gasteiger partial charge in [0.25, 0.3) is 0 Å². The molecule has 0 bridgehead atoms. The molecule has 4 aromatic rings. The highest BCUT2D eigenvalue weighted by atomic mass is 79.9. The van der Waals surface area contributed by atoms with Crippen molar-refractivity contribution in [1.29, 1.82) is 0 Å². The van der Waals surface area contributed by atoms with Crippen molar-refractivity contribution in [2.75, 3.05) is 9.80 Å². The maximum Gasteiger partial charge on any atom is 0.246 e. The van der Waals surface area contributed by atoms with Crippen LogP contribution in [0.25, 0.3) is 0 Å². The number of fused-ring (bicyclic) bond motifs is 4. The first-order chi connectivity index (χ1) is 22.7. The summed E-state index contributed by atoms with van der Waals surface area (Å²) >= 11 is 9.79. The Morgan fingerprint density at radius 2 is 1.49 bits per heavy atom. The molecule has 1 N–H and O–H groups in total. The van der Waals surface area contributed by atoms with Gasteiger partial charge in [-0.2, -0.15) is 0 Å². The molecule has 8 rings (SSSR count). The number of anilines is 2. The lowest BCUT2D eigenvalue weighted by molar-refractivity contribution is -0.127. The molecule has 4 aliphatic rings. The molecule has 2 heterocycles. The van der Waals surface area contributed by atoms with Crippen molar-refractivity contribution < 1.29 is 24.3 Å². The number of phenolic OH excluding ortho intramolecular Hbond substituents is 1. The molecule has 47 heavy (non-hydrogen) atoms. The minimum atomic E-state index is -1.39. The minimum absolute atomic E-state index is 0.0238. The third kappa shape index (κ3) is 4.31. The maximum atomic E-state index is 15.2. The number of benzene rings is 4. The predicted octanol–water partition coefficient (Wildman–Crippen LogP) is 7.18. The zero-order valence-electron chi connectivity index (χ0n) is 24.9. The van der Waals surface area contributed by atoms with Crippen molar-refractivity contribution in [2.45, 2.75) is 24.2 Å². The van der Waals surface area contributed by atoms with Gasteiger partial charge in [-0.15, -0.1) is 0 Å². The van der Waals surface area contributed by atoms with Crippen LogP contribution in [0.3, 0.4) is 0 Å². The van der Waals surface area contributed by atoms with Gasteiger partial charge in [0, 0.05) is 15.4 Å². The van der Waals surface area contributed by atoms with E-state index in [1.807, 2.05) is 42.5 Å². The van der Waals surface area contributed by atoms with Crippen molar-refractivity contribution in [2.24, 2.45) is 23.7 Å². The largest absolute Gasteiger partial charge is 0.508 e. The molecule has 6 atom stereocenters. The Morgan fingerprint density at radius 3 is 2.21 bits per heavy atom. The summed E-state index contributed by atoms with van der Waals surface area (Å²) in [6.45, 7) is 0. The predicted molar refractivity (Wildman–Crippen MR) is 181 cm³/mol. The molecule has 4 amide bonds. The number of aromatic hydroxyl groups is 1. The van der Waals surface area contributed by atoms with Gasteiger partial charge < -0.3 is 5.11 Å². The van der Waals surface area contributed by atoms with Crippen LogP contribution >= 0.6 is 27.5 Å². The molecular formula is C38H28BrClN2O5. The average molecular weight is 708 g/mol. The molecule has 1 saturated carbocycles. The molecule has 2 saturated heterocycles. The number of phenols is 1. The van der Waals surface area contributed by atoms with Crippen LogP contribution in [0.15, 0.2) is 119 Å². The van der Waals surface area contributed by atoms with E-state index in [4.69, 9.17) is 11.6 Å². The number of hydrogen-bond donors (Lipinski definition) is 1. The number of halogens is 2. The van der Waals surface area contributed by atoms with Gasteiger partial charge in [-0.1, -0.05) is 87.7 Å². The number of carbonyl (C=O) groups excluding carboxylic acids is 4. The highest BCUT2D eigenvalue weighted by Gasteiger charge is 2.70. The first-order valence-corrected chi connectivity index (χ1v) is 16.7. The van der Waals surface area contributed by atoms with Crippen molar-refractivity contribution in [3.05, 3.63) is 135 Å². The Hall–Kier alpha value is -4.53. The van der Waals surface area contributed by atoms with Crippen LogP contribution < -0.4 is 9.80 Å². The molecular weight excluding hydrogens is 680 g/mol. The molecule has 234 valence electrons. The fourth-order valence-corrected chi connectivity index (χ4v) is 9.12. The number of rotatable bonds is 4. The van der Waals surface area contributed by atoms with Gasteiger partial charge in [0.05, 0.1) is 34.5 Å². The summed E-state index contributed by atoms with van der Waals surface area (Å²) in [4.78, 5) is 60.7. The Bertz CT molecular complexity index is 2010. The van der Waals surface area contributed by atoms with Crippen LogP contribution in [-0.2, 0) is 24.6 Å². The lowest BCUT2D eigenvalue weighted by Gasteiger charge is -2.50. The molecule has 0 radical (unpaired) electrons. The molecule has 3 fully saturated rings. The highest BCUT2D eigenvalue weighted by molar-refractivity contribution is 9.10. The zero-order valence-corrected chi connectivity index (χ0v) is 27.3. The van der Waals surface area contributed by atoms with E-state index in [9.17, 15) is 19.5 Å². The van der Waals surface area contributed by atoms with E-state index >= 15 is 4.79 Å². The standard InChI is InChI=1S/C38H28BrClN2O5/c39-23-12-14-25(15-13-23)41-34(44)29-17-16-28-30(32(29)36(41)46)20-31-35(45)42(26-10-5-9-24(40)19-26)37(47)38(31,22-7-2-1-3-8-22)33(28)21-6-4-11-27(43)18-21/h1-16,18-19,29-33,43H,17,20H2. The van der Waals surface area contributed by atoms with E-state index < -0.39 is 35.0 Å². The minimum Gasteiger partial charge on any atom is -0.508 e. The number of imide groups is 2. The van der Waals surface area contributed by atoms with Crippen molar-refractivity contribution >= 4 is 62.5 Å². The van der Waals surface area contributed by atoms with Gasteiger partial charge in [0.15, 0.2) is 0 Å². The number of allylic oxidation sites excluding steroid dienone is 2. The number of nitrogens with zero attached hydrogens (tertiary/aromatic N) is 2. The van der Waals surface area contributed by atoms with Crippen molar-refractivity contribution in [1.82, 2.24) is 0 Å². The van der Waals surface area contributed by atoms with E-state index in [0.717, 1.165) is 10.0 Å². The van der Waals surface area contributed by atoms with E-state index in [-0.39, 0.29) is 35.8 Å². The summed E-state index contributed by atoms with van der Waals surface area (Å²) in [5, 5.41) is 11.1. The number of hydrogen-bond acceptors (Lipinski definition) is 5. The van der Waals surface area contributed by atoms with Crippen LogP contribution in [-0.4, -0.2) is 28.7 Å². The lowest BCUT2D eigenvalue weighted by Crippen LogP contribution is -2.53. The van der Waals surface area contributed by atoms with Crippen LogP contribution in [0.2, 0.25) is 5.02 Å². The Balaban J connectivity index is 1.34. The summed E-state index contributed by atoms with van der Waals surface area (Å²) in [5.74, 6) is -4.67.